The zero-order chi connectivity index (χ0) is 25.7. The summed E-state index contributed by atoms with van der Waals surface area (Å²) in [6, 6.07) is 16.3. The van der Waals surface area contributed by atoms with Gasteiger partial charge >= 0.3 is 0 Å². The van der Waals surface area contributed by atoms with Crippen molar-refractivity contribution in [2.24, 2.45) is 0 Å². The molecule has 1 heterocycles. The van der Waals surface area contributed by atoms with Crippen molar-refractivity contribution in [3.8, 4) is 0 Å². The molecule has 0 spiro atoms. The molecule has 1 fully saturated rings. The average molecular weight is 484 g/mol. The molecule has 0 aromatic heterocycles. The molecule has 1 saturated heterocycles. The van der Waals surface area contributed by atoms with Gasteiger partial charge < -0.3 is 20.9 Å². The van der Waals surface area contributed by atoms with Crippen LogP contribution in [0.25, 0.3) is 0 Å². The summed E-state index contributed by atoms with van der Waals surface area (Å²) in [5.74, 6) is -2.97. The Labute approximate surface area is 211 Å². The number of benzene rings is 3. The molecule has 1 aliphatic heterocycles. The Bertz CT molecular complexity index is 1240. The van der Waals surface area contributed by atoms with Crippen LogP contribution in [0.3, 0.4) is 0 Å². The highest BCUT2D eigenvalue weighted by Crippen LogP contribution is 2.29. The van der Waals surface area contributed by atoms with Crippen molar-refractivity contribution < 1.29 is 18.4 Å². The lowest BCUT2D eigenvalue weighted by Crippen LogP contribution is -2.58. The van der Waals surface area contributed by atoms with E-state index in [0.717, 1.165) is 19.2 Å². The maximum Gasteiger partial charge on any atom is 0.254 e. The molecule has 6 nitrogen and oxygen atoms in total. The van der Waals surface area contributed by atoms with E-state index < -0.39 is 34.7 Å². The van der Waals surface area contributed by atoms with Gasteiger partial charge in [0.25, 0.3) is 5.91 Å². The van der Waals surface area contributed by atoms with Crippen LogP contribution in [0.5, 0.6) is 0 Å². The SMILES string of the molecule is [B]C([B])(c1ccccc1)C(NC(=O)c1ccccc1F)C(=O)Nc1cc(F)ccc1N1CCNCC1. The molecule has 3 aromatic rings. The molecule has 0 saturated carbocycles. The van der Waals surface area contributed by atoms with Crippen LogP contribution in [-0.2, 0) is 10.0 Å². The fourth-order valence-corrected chi connectivity index (χ4v) is 4.14. The predicted octanol–water partition coefficient (Wildman–Crippen LogP) is 2.30. The van der Waals surface area contributed by atoms with Gasteiger partial charge in [-0.15, -0.1) is 0 Å². The Morgan fingerprint density at radius 2 is 1.61 bits per heavy atom. The molecular weight excluding hydrogens is 460 g/mol. The molecule has 4 radical (unpaired) electrons. The number of nitrogens with one attached hydrogen (secondary N) is 3. The Balaban J connectivity index is 1.68. The van der Waals surface area contributed by atoms with Crippen molar-refractivity contribution in [2.75, 3.05) is 36.4 Å². The van der Waals surface area contributed by atoms with E-state index in [9.17, 15) is 18.4 Å². The highest BCUT2D eigenvalue weighted by Gasteiger charge is 2.37. The maximum absolute atomic E-state index is 14.3. The Morgan fingerprint density at radius 3 is 2.31 bits per heavy atom. The first-order valence-electron chi connectivity index (χ1n) is 11.5. The molecule has 36 heavy (non-hydrogen) atoms. The fraction of sp³-hybridized carbons (Fsp3) is 0.231. The van der Waals surface area contributed by atoms with E-state index in [0.29, 0.717) is 24.3 Å². The third-order valence-corrected chi connectivity index (χ3v) is 6.08. The number of nitrogens with zero attached hydrogens (tertiary/aromatic N) is 1. The van der Waals surface area contributed by atoms with Crippen molar-refractivity contribution in [3.63, 3.8) is 0 Å². The van der Waals surface area contributed by atoms with Crippen LogP contribution >= 0.6 is 0 Å². The summed E-state index contributed by atoms with van der Waals surface area (Å²) in [5.41, 5.74) is 0.910. The van der Waals surface area contributed by atoms with Gasteiger partial charge in [0.2, 0.25) is 5.91 Å². The van der Waals surface area contributed by atoms with Crippen LogP contribution < -0.4 is 20.9 Å². The lowest BCUT2D eigenvalue weighted by Gasteiger charge is -2.36. The average Bonchev–Trinajstić information content (AvgIpc) is 2.88. The summed E-state index contributed by atoms with van der Waals surface area (Å²) < 4.78 is 28.5. The summed E-state index contributed by atoms with van der Waals surface area (Å²) in [6.45, 7) is 2.77. The van der Waals surface area contributed by atoms with E-state index in [1.165, 1.54) is 30.3 Å². The number of hydrogen-bond donors (Lipinski definition) is 3. The third-order valence-electron chi connectivity index (χ3n) is 6.08. The van der Waals surface area contributed by atoms with Gasteiger partial charge in [-0.25, -0.2) is 8.78 Å². The van der Waals surface area contributed by atoms with Crippen molar-refractivity contribution >= 4 is 38.9 Å². The molecule has 10 heteroatoms. The van der Waals surface area contributed by atoms with Crippen molar-refractivity contribution in [3.05, 3.63) is 95.6 Å². The predicted molar refractivity (Wildman–Crippen MR) is 137 cm³/mol. The highest BCUT2D eigenvalue weighted by molar-refractivity contribution is 6.42. The molecule has 0 bridgehead atoms. The number of halogens is 2. The standard InChI is InChI=1S/C26H24B2F2N4O2/c27-26(28,17-6-2-1-3-7-17)23(33-24(35)19-8-4-5-9-20(19)30)25(36)32-21-16-18(29)10-11-22(21)34-14-12-31-13-15-34/h1-11,16,23,31H,12-15H2,(H,32,36)(H,33,35). The molecule has 2 amide bonds. The monoisotopic (exact) mass is 484 g/mol. The molecule has 1 atom stereocenters. The quantitative estimate of drug-likeness (QED) is 0.451. The van der Waals surface area contributed by atoms with E-state index in [-0.39, 0.29) is 11.3 Å². The Hall–Kier alpha value is -3.65. The van der Waals surface area contributed by atoms with Gasteiger partial charge in [0, 0.05) is 26.2 Å². The van der Waals surface area contributed by atoms with Gasteiger partial charge in [-0.1, -0.05) is 48.0 Å². The molecule has 3 aromatic carbocycles. The number of amides is 2. The van der Waals surface area contributed by atoms with Crippen LogP contribution in [-0.4, -0.2) is 59.7 Å². The van der Waals surface area contributed by atoms with Crippen molar-refractivity contribution in [2.45, 2.75) is 11.3 Å². The number of carbonyl (C=O) groups excluding carboxylic acids is 2. The summed E-state index contributed by atoms with van der Waals surface area (Å²) in [7, 11) is 12.9. The van der Waals surface area contributed by atoms with Crippen molar-refractivity contribution in [1.29, 1.82) is 0 Å². The molecule has 180 valence electrons. The lowest BCUT2D eigenvalue weighted by atomic mass is 9.47. The van der Waals surface area contributed by atoms with Gasteiger partial charge in [-0.05, 0) is 35.5 Å². The van der Waals surface area contributed by atoms with E-state index in [4.69, 9.17) is 15.7 Å². The van der Waals surface area contributed by atoms with Crippen LogP contribution in [0.4, 0.5) is 20.2 Å². The largest absolute Gasteiger partial charge is 0.367 e. The second-order valence-electron chi connectivity index (χ2n) is 8.57. The second kappa shape index (κ2) is 11.0. The Kier molecular flexibility index (Phi) is 7.74. The molecule has 4 rings (SSSR count). The fourth-order valence-electron chi connectivity index (χ4n) is 4.14. The number of piperazine rings is 1. The number of hydrogen-bond acceptors (Lipinski definition) is 4. The molecular formula is C26H24B2F2N4O2. The summed E-state index contributed by atoms with van der Waals surface area (Å²) in [4.78, 5) is 28.6. The second-order valence-corrected chi connectivity index (χ2v) is 8.57. The molecule has 1 unspecified atom stereocenters. The van der Waals surface area contributed by atoms with Crippen LogP contribution in [0.1, 0.15) is 15.9 Å². The molecule has 3 N–H and O–H groups in total. The summed E-state index contributed by atoms with van der Waals surface area (Å²) in [6.07, 6.45) is 0. The zero-order valence-corrected chi connectivity index (χ0v) is 19.5. The minimum Gasteiger partial charge on any atom is -0.367 e. The first kappa shape index (κ1) is 25.4. The topological polar surface area (TPSA) is 73.5 Å². The van der Waals surface area contributed by atoms with Crippen molar-refractivity contribution in [1.82, 2.24) is 10.6 Å². The van der Waals surface area contributed by atoms with E-state index in [1.807, 2.05) is 4.90 Å². The first-order chi connectivity index (χ1) is 17.3. The molecule has 0 aliphatic carbocycles. The van der Waals surface area contributed by atoms with Crippen LogP contribution in [0.2, 0.25) is 0 Å². The van der Waals surface area contributed by atoms with Gasteiger partial charge in [0.1, 0.15) is 17.7 Å². The van der Waals surface area contributed by atoms with Gasteiger partial charge in [0.15, 0.2) is 0 Å². The summed E-state index contributed by atoms with van der Waals surface area (Å²) >= 11 is 0. The molecule has 1 aliphatic rings. The summed E-state index contributed by atoms with van der Waals surface area (Å²) in [5, 5.41) is 6.53. The lowest BCUT2D eigenvalue weighted by molar-refractivity contribution is -0.118. The van der Waals surface area contributed by atoms with E-state index in [1.54, 1.807) is 36.4 Å². The van der Waals surface area contributed by atoms with Crippen LogP contribution in [0.15, 0.2) is 72.8 Å². The van der Waals surface area contributed by atoms with Gasteiger partial charge in [0.05, 0.1) is 32.6 Å². The highest BCUT2D eigenvalue weighted by atomic mass is 19.1. The smallest absolute Gasteiger partial charge is 0.254 e. The van der Waals surface area contributed by atoms with E-state index >= 15 is 0 Å². The minimum atomic E-state index is -1.88. The third kappa shape index (κ3) is 5.60. The van der Waals surface area contributed by atoms with Gasteiger partial charge in [-0.2, -0.15) is 0 Å². The van der Waals surface area contributed by atoms with Gasteiger partial charge in [-0.3, -0.25) is 9.59 Å². The number of anilines is 2. The van der Waals surface area contributed by atoms with E-state index in [2.05, 4.69) is 16.0 Å². The van der Waals surface area contributed by atoms with Crippen LogP contribution in [0, 0.1) is 11.6 Å². The Morgan fingerprint density at radius 1 is 0.944 bits per heavy atom. The maximum atomic E-state index is 14.3. The first-order valence-corrected chi connectivity index (χ1v) is 11.5. The zero-order valence-electron chi connectivity index (χ0n) is 19.5. The minimum absolute atomic E-state index is 0.205. The normalized spacial score (nSPS) is 14.7. The number of rotatable bonds is 7. The number of carbonyl (C=O) groups is 2.